The van der Waals surface area contributed by atoms with Gasteiger partial charge >= 0.3 is 5.97 Å². The molecular formula is C23H23N3O5. The highest BCUT2D eigenvalue weighted by molar-refractivity contribution is 5.99. The Balaban J connectivity index is 1.36. The summed E-state index contributed by atoms with van der Waals surface area (Å²) >= 11 is 0. The van der Waals surface area contributed by atoms with Crippen LogP contribution in [-0.4, -0.2) is 35.7 Å². The maximum absolute atomic E-state index is 12.5. The molecule has 2 aromatic carbocycles. The van der Waals surface area contributed by atoms with Crippen molar-refractivity contribution < 1.29 is 23.6 Å². The van der Waals surface area contributed by atoms with Gasteiger partial charge in [0, 0.05) is 18.7 Å². The summed E-state index contributed by atoms with van der Waals surface area (Å²) < 4.78 is 15.8. The zero-order valence-electron chi connectivity index (χ0n) is 17.4. The molecule has 0 spiro atoms. The Morgan fingerprint density at radius 3 is 2.71 bits per heavy atom. The highest BCUT2D eigenvalue weighted by Gasteiger charge is 2.36. The minimum atomic E-state index is -0.532. The molecule has 1 amide bonds. The third kappa shape index (κ3) is 4.42. The number of para-hydroxylation sites is 1. The van der Waals surface area contributed by atoms with Crippen LogP contribution >= 0.6 is 0 Å². The summed E-state index contributed by atoms with van der Waals surface area (Å²) in [6.45, 7) is 2.21. The van der Waals surface area contributed by atoms with Crippen LogP contribution in [0.25, 0.3) is 11.4 Å². The van der Waals surface area contributed by atoms with Crippen LogP contribution in [0.2, 0.25) is 0 Å². The van der Waals surface area contributed by atoms with E-state index in [0.29, 0.717) is 23.7 Å². The summed E-state index contributed by atoms with van der Waals surface area (Å²) in [7, 11) is 1.56. The molecule has 1 saturated heterocycles. The van der Waals surface area contributed by atoms with Gasteiger partial charge in [-0.3, -0.25) is 9.59 Å². The second-order valence-corrected chi connectivity index (χ2v) is 7.25. The lowest BCUT2D eigenvalue weighted by Crippen LogP contribution is -2.26. The molecule has 0 saturated carbocycles. The van der Waals surface area contributed by atoms with Crippen LogP contribution in [0.3, 0.4) is 0 Å². The number of amides is 1. The van der Waals surface area contributed by atoms with Gasteiger partial charge in [-0.1, -0.05) is 36.3 Å². The highest BCUT2D eigenvalue weighted by atomic mass is 16.6. The van der Waals surface area contributed by atoms with Crippen LogP contribution in [0, 0.1) is 5.92 Å². The number of ether oxygens (including phenoxy) is 2. The number of aromatic nitrogens is 2. The second kappa shape index (κ2) is 8.99. The van der Waals surface area contributed by atoms with Crippen molar-refractivity contribution in [3.63, 3.8) is 0 Å². The van der Waals surface area contributed by atoms with Crippen molar-refractivity contribution in [3.8, 4) is 17.1 Å². The predicted molar refractivity (Wildman–Crippen MR) is 112 cm³/mol. The molecule has 0 bridgehead atoms. The number of aryl methyl sites for hydroxylation is 1. The fraction of sp³-hybridized carbons (Fsp3) is 0.304. The Labute approximate surface area is 179 Å². The Morgan fingerprint density at radius 1 is 1.19 bits per heavy atom. The summed E-state index contributed by atoms with van der Waals surface area (Å²) in [6.07, 6.45) is 1.04. The number of hydrogen-bond donors (Lipinski definition) is 0. The van der Waals surface area contributed by atoms with Crippen molar-refractivity contribution in [1.29, 1.82) is 0 Å². The third-order valence-electron chi connectivity index (χ3n) is 5.27. The molecule has 8 nitrogen and oxygen atoms in total. The van der Waals surface area contributed by atoms with Crippen LogP contribution in [0.4, 0.5) is 5.69 Å². The molecule has 2 heterocycles. The summed E-state index contributed by atoms with van der Waals surface area (Å²) in [6, 6.07) is 15.1. The average Bonchev–Trinajstić information content (AvgIpc) is 3.44. The van der Waals surface area contributed by atoms with E-state index in [9.17, 15) is 9.59 Å². The monoisotopic (exact) mass is 421 g/mol. The van der Waals surface area contributed by atoms with Crippen molar-refractivity contribution >= 4 is 17.6 Å². The standard InChI is InChI=1S/C23H23N3O5/c1-3-15-8-10-17(11-9-15)26-13-16(12-21(26)27)23(28)30-14-20-24-22(25-31-20)18-6-4-5-7-19(18)29-2/h4-11,16H,3,12-14H2,1-2H3. The first-order valence-electron chi connectivity index (χ1n) is 10.1. The van der Waals surface area contributed by atoms with Crippen molar-refractivity contribution in [1.82, 2.24) is 10.1 Å². The van der Waals surface area contributed by atoms with Gasteiger partial charge in [0.05, 0.1) is 18.6 Å². The fourth-order valence-electron chi connectivity index (χ4n) is 3.53. The topological polar surface area (TPSA) is 94.8 Å². The third-order valence-corrected chi connectivity index (χ3v) is 5.27. The van der Waals surface area contributed by atoms with Gasteiger partial charge in [0.15, 0.2) is 6.61 Å². The fourth-order valence-corrected chi connectivity index (χ4v) is 3.53. The normalized spacial score (nSPS) is 15.9. The average molecular weight is 421 g/mol. The molecule has 1 aromatic heterocycles. The molecule has 0 N–H and O–H groups in total. The Morgan fingerprint density at radius 2 is 1.97 bits per heavy atom. The van der Waals surface area contributed by atoms with Gasteiger partial charge in [-0.25, -0.2) is 0 Å². The molecule has 1 unspecified atom stereocenters. The van der Waals surface area contributed by atoms with Crippen LogP contribution in [0.15, 0.2) is 53.1 Å². The molecule has 1 aliphatic rings. The van der Waals surface area contributed by atoms with E-state index in [2.05, 4.69) is 17.1 Å². The number of carbonyl (C=O) groups excluding carboxylic acids is 2. The second-order valence-electron chi connectivity index (χ2n) is 7.25. The van der Waals surface area contributed by atoms with E-state index >= 15 is 0 Å². The number of anilines is 1. The zero-order chi connectivity index (χ0) is 21.8. The smallest absolute Gasteiger partial charge is 0.311 e. The van der Waals surface area contributed by atoms with Gasteiger partial charge in [0.25, 0.3) is 5.89 Å². The molecule has 8 heteroatoms. The predicted octanol–water partition coefficient (Wildman–Crippen LogP) is 3.40. The molecule has 3 aromatic rings. The molecule has 0 radical (unpaired) electrons. The first-order chi connectivity index (χ1) is 15.1. The lowest BCUT2D eigenvalue weighted by Gasteiger charge is -2.16. The number of esters is 1. The molecule has 1 aliphatic heterocycles. The Kier molecular flexibility index (Phi) is 5.97. The van der Waals surface area contributed by atoms with Crippen LogP contribution in [-0.2, 0) is 27.4 Å². The van der Waals surface area contributed by atoms with Gasteiger partial charge in [-0.15, -0.1) is 0 Å². The van der Waals surface area contributed by atoms with E-state index in [1.165, 1.54) is 5.56 Å². The van der Waals surface area contributed by atoms with E-state index < -0.39 is 11.9 Å². The van der Waals surface area contributed by atoms with Crippen molar-refractivity contribution in [2.75, 3.05) is 18.6 Å². The van der Waals surface area contributed by atoms with Crippen molar-refractivity contribution in [2.24, 2.45) is 5.92 Å². The van der Waals surface area contributed by atoms with E-state index in [-0.39, 0.29) is 24.8 Å². The van der Waals surface area contributed by atoms with Gasteiger partial charge in [0.1, 0.15) is 5.75 Å². The highest BCUT2D eigenvalue weighted by Crippen LogP contribution is 2.28. The van der Waals surface area contributed by atoms with Crippen LogP contribution in [0.5, 0.6) is 5.75 Å². The van der Waals surface area contributed by atoms with E-state index in [1.807, 2.05) is 42.5 Å². The quantitative estimate of drug-likeness (QED) is 0.540. The number of rotatable bonds is 7. The zero-order valence-corrected chi connectivity index (χ0v) is 17.4. The summed E-state index contributed by atoms with van der Waals surface area (Å²) in [4.78, 5) is 30.8. The van der Waals surface area contributed by atoms with Crippen LogP contribution in [0.1, 0.15) is 24.8 Å². The van der Waals surface area contributed by atoms with Crippen molar-refractivity contribution in [3.05, 3.63) is 60.0 Å². The first kappa shape index (κ1) is 20.6. The van der Waals surface area contributed by atoms with Gasteiger partial charge in [-0.2, -0.15) is 4.98 Å². The molecule has 160 valence electrons. The lowest BCUT2D eigenvalue weighted by atomic mass is 10.1. The summed E-state index contributed by atoms with van der Waals surface area (Å²) in [5.74, 6) is 0.0469. The molecule has 31 heavy (non-hydrogen) atoms. The first-order valence-corrected chi connectivity index (χ1v) is 10.1. The number of benzene rings is 2. The van der Waals surface area contributed by atoms with E-state index in [1.54, 1.807) is 18.1 Å². The van der Waals surface area contributed by atoms with E-state index in [0.717, 1.165) is 12.1 Å². The van der Waals surface area contributed by atoms with Crippen LogP contribution < -0.4 is 9.64 Å². The molecule has 4 rings (SSSR count). The SMILES string of the molecule is CCc1ccc(N2CC(C(=O)OCc3nc(-c4ccccc4OC)no3)CC2=O)cc1. The van der Waals surface area contributed by atoms with Gasteiger partial charge in [-0.05, 0) is 36.2 Å². The maximum Gasteiger partial charge on any atom is 0.311 e. The van der Waals surface area contributed by atoms with E-state index in [4.69, 9.17) is 14.0 Å². The number of hydrogen-bond acceptors (Lipinski definition) is 7. The largest absolute Gasteiger partial charge is 0.496 e. The maximum atomic E-state index is 12.5. The number of methoxy groups -OCH3 is 1. The van der Waals surface area contributed by atoms with Crippen molar-refractivity contribution in [2.45, 2.75) is 26.4 Å². The molecule has 1 atom stereocenters. The lowest BCUT2D eigenvalue weighted by molar-refractivity contribution is -0.150. The molecular weight excluding hydrogens is 398 g/mol. The minimum Gasteiger partial charge on any atom is -0.496 e. The molecule has 0 aliphatic carbocycles. The minimum absolute atomic E-state index is 0.0950. The number of carbonyl (C=O) groups is 2. The Hall–Kier alpha value is -3.68. The van der Waals surface area contributed by atoms with Gasteiger partial charge in [0.2, 0.25) is 11.7 Å². The summed E-state index contributed by atoms with van der Waals surface area (Å²) in [5, 5.41) is 3.93. The summed E-state index contributed by atoms with van der Waals surface area (Å²) in [5.41, 5.74) is 2.66. The molecule has 1 fully saturated rings. The van der Waals surface area contributed by atoms with Gasteiger partial charge < -0.3 is 18.9 Å². The number of nitrogens with zero attached hydrogens (tertiary/aromatic N) is 3. The Bertz CT molecular complexity index is 1080.